The number of hydrogen-bond donors (Lipinski definition) is 3. The monoisotopic (exact) mass is 222 g/mol. The summed E-state index contributed by atoms with van der Waals surface area (Å²) in [4.78, 5) is 11.6. The Labute approximate surface area is 95.5 Å². The lowest BCUT2D eigenvalue weighted by molar-refractivity contribution is -0.117. The zero-order valence-electron chi connectivity index (χ0n) is 9.44. The van der Waals surface area contributed by atoms with E-state index in [1.165, 1.54) is 6.07 Å². The fourth-order valence-electron chi connectivity index (χ4n) is 1.36. The predicted octanol–water partition coefficient (Wildman–Crippen LogP) is 1.85. The molecule has 0 aliphatic carbocycles. The summed E-state index contributed by atoms with van der Waals surface area (Å²) in [5.74, 6) is -0.200. The number of para-hydroxylation sites is 2. The molecule has 0 radical (unpaired) electrons. The number of nitrogens with one attached hydrogen (secondary N) is 1. The van der Waals surface area contributed by atoms with Gasteiger partial charge in [0.25, 0.3) is 0 Å². The Kier molecular flexibility index (Phi) is 4.79. The number of aromatic hydroxyl groups is 1. The first-order chi connectivity index (χ1) is 7.65. The van der Waals surface area contributed by atoms with Gasteiger partial charge in [-0.1, -0.05) is 31.9 Å². The van der Waals surface area contributed by atoms with Crippen LogP contribution in [0.3, 0.4) is 0 Å². The molecule has 0 aliphatic heterocycles. The highest BCUT2D eigenvalue weighted by Crippen LogP contribution is 2.21. The molecule has 1 aromatic carbocycles. The number of phenols is 1. The van der Waals surface area contributed by atoms with Crippen LogP contribution in [0, 0.1) is 0 Å². The number of carbonyl (C=O) groups excluding carboxylic acids is 1. The summed E-state index contributed by atoms with van der Waals surface area (Å²) in [6.45, 7) is 2.05. The molecule has 1 atom stereocenters. The van der Waals surface area contributed by atoms with Gasteiger partial charge in [0.2, 0.25) is 5.91 Å². The average Bonchev–Trinajstić information content (AvgIpc) is 2.28. The third-order valence-corrected chi connectivity index (χ3v) is 2.37. The van der Waals surface area contributed by atoms with Crippen LogP contribution in [-0.4, -0.2) is 17.1 Å². The third-order valence-electron chi connectivity index (χ3n) is 2.37. The van der Waals surface area contributed by atoms with Crippen LogP contribution >= 0.6 is 0 Å². The van der Waals surface area contributed by atoms with E-state index in [4.69, 9.17) is 5.73 Å². The van der Waals surface area contributed by atoms with E-state index in [9.17, 15) is 9.90 Å². The van der Waals surface area contributed by atoms with Crippen molar-refractivity contribution < 1.29 is 9.90 Å². The molecule has 0 fully saturated rings. The molecule has 0 saturated carbocycles. The van der Waals surface area contributed by atoms with Crippen LogP contribution in [0.25, 0.3) is 0 Å². The summed E-state index contributed by atoms with van der Waals surface area (Å²) in [5.41, 5.74) is 6.11. The molecule has 1 amide bonds. The highest BCUT2D eigenvalue weighted by Gasteiger charge is 2.13. The fourth-order valence-corrected chi connectivity index (χ4v) is 1.36. The zero-order chi connectivity index (χ0) is 12.0. The SMILES string of the molecule is CCCCC(N)C(=O)Nc1ccccc1O. The van der Waals surface area contributed by atoms with Crippen molar-refractivity contribution in [2.45, 2.75) is 32.2 Å². The van der Waals surface area contributed by atoms with Gasteiger partial charge in [-0.2, -0.15) is 0 Å². The summed E-state index contributed by atoms with van der Waals surface area (Å²) in [6, 6.07) is 6.08. The standard InChI is InChI=1S/C12H18N2O2/c1-2-3-6-9(13)12(16)14-10-7-4-5-8-11(10)15/h4-5,7-9,15H,2-3,6,13H2,1H3,(H,14,16). The van der Waals surface area contributed by atoms with Gasteiger partial charge in [0, 0.05) is 0 Å². The van der Waals surface area contributed by atoms with Crippen LogP contribution in [0.1, 0.15) is 26.2 Å². The number of unbranched alkanes of at least 4 members (excludes halogenated alkanes) is 1. The lowest BCUT2D eigenvalue weighted by Crippen LogP contribution is -2.35. The van der Waals surface area contributed by atoms with Gasteiger partial charge >= 0.3 is 0 Å². The molecule has 0 spiro atoms. The minimum atomic E-state index is -0.514. The van der Waals surface area contributed by atoms with E-state index >= 15 is 0 Å². The Morgan fingerprint density at radius 1 is 1.50 bits per heavy atom. The first kappa shape index (κ1) is 12.5. The largest absolute Gasteiger partial charge is 0.506 e. The van der Waals surface area contributed by atoms with Gasteiger partial charge in [0.15, 0.2) is 0 Å². The van der Waals surface area contributed by atoms with Crippen LogP contribution in [0.5, 0.6) is 5.75 Å². The van der Waals surface area contributed by atoms with Crippen molar-refractivity contribution in [1.82, 2.24) is 0 Å². The van der Waals surface area contributed by atoms with Gasteiger partial charge in [0.05, 0.1) is 11.7 Å². The van der Waals surface area contributed by atoms with Crippen molar-refractivity contribution in [2.24, 2.45) is 5.73 Å². The van der Waals surface area contributed by atoms with E-state index in [0.29, 0.717) is 12.1 Å². The molecule has 88 valence electrons. The Balaban J connectivity index is 2.54. The molecule has 4 N–H and O–H groups in total. The van der Waals surface area contributed by atoms with Crippen molar-refractivity contribution in [3.8, 4) is 5.75 Å². The van der Waals surface area contributed by atoms with Crippen molar-refractivity contribution >= 4 is 11.6 Å². The van der Waals surface area contributed by atoms with Gasteiger partial charge in [-0.3, -0.25) is 4.79 Å². The third kappa shape index (κ3) is 3.55. The molecule has 4 nitrogen and oxygen atoms in total. The van der Waals surface area contributed by atoms with E-state index < -0.39 is 6.04 Å². The van der Waals surface area contributed by atoms with Crippen LogP contribution < -0.4 is 11.1 Å². The smallest absolute Gasteiger partial charge is 0.241 e. The molecule has 1 unspecified atom stereocenters. The summed E-state index contributed by atoms with van der Waals surface area (Å²) in [5, 5.41) is 12.1. The highest BCUT2D eigenvalue weighted by molar-refractivity contribution is 5.95. The minimum absolute atomic E-state index is 0.0542. The second-order valence-corrected chi connectivity index (χ2v) is 3.76. The maximum absolute atomic E-state index is 11.6. The number of nitrogens with two attached hydrogens (primary N) is 1. The summed E-state index contributed by atoms with van der Waals surface area (Å²) in [7, 11) is 0. The molecule has 0 aromatic heterocycles. The summed E-state index contributed by atoms with van der Waals surface area (Å²) < 4.78 is 0. The molecule has 0 saturated heterocycles. The van der Waals surface area contributed by atoms with Crippen LogP contribution in [-0.2, 0) is 4.79 Å². The number of benzene rings is 1. The van der Waals surface area contributed by atoms with E-state index in [0.717, 1.165) is 12.8 Å². The summed E-state index contributed by atoms with van der Waals surface area (Å²) >= 11 is 0. The van der Waals surface area contributed by atoms with E-state index in [-0.39, 0.29) is 11.7 Å². The maximum Gasteiger partial charge on any atom is 0.241 e. The Morgan fingerprint density at radius 2 is 2.19 bits per heavy atom. The van der Waals surface area contributed by atoms with Gasteiger partial charge < -0.3 is 16.2 Å². The second kappa shape index (κ2) is 6.12. The predicted molar refractivity (Wildman–Crippen MR) is 64.2 cm³/mol. The Hall–Kier alpha value is -1.55. The Morgan fingerprint density at radius 3 is 2.81 bits per heavy atom. The second-order valence-electron chi connectivity index (χ2n) is 3.76. The molecular weight excluding hydrogens is 204 g/mol. The van der Waals surface area contributed by atoms with Gasteiger partial charge in [-0.15, -0.1) is 0 Å². The average molecular weight is 222 g/mol. The Bertz CT molecular complexity index is 353. The highest BCUT2D eigenvalue weighted by atomic mass is 16.3. The van der Waals surface area contributed by atoms with Crippen molar-refractivity contribution in [3.63, 3.8) is 0 Å². The molecule has 0 heterocycles. The topological polar surface area (TPSA) is 75.4 Å². The maximum atomic E-state index is 11.6. The molecule has 1 aromatic rings. The minimum Gasteiger partial charge on any atom is -0.506 e. The molecule has 0 bridgehead atoms. The molecular formula is C12H18N2O2. The van der Waals surface area contributed by atoms with Gasteiger partial charge in [0.1, 0.15) is 5.75 Å². The van der Waals surface area contributed by atoms with Crippen LogP contribution in [0.15, 0.2) is 24.3 Å². The number of rotatable bonds is 5. The van der Waals surface area contributed by atoms with Gasteiger partial charge in [-0.25, -0.2) is 0 Å². The fraction of sp³-hybridized carbons (Fsp3) is 0.417. The number of amides is 1. The first-order valence-electron chi connectivity index (χ1n) is 5.49. The van der Waals surface area contributed by atoms with Crippen LogP contribution in [0.2, 0.25) is 0 Å². The molecule has 4 heteroatoms. The van der Waals surface area contributed by atoms with Crippen molar-refractivity contribution in [2.75, 3.05) is 5.32 Å². The zero-order valence-corrected chi connectivity index (χ0v) is 9.44. The first-order valence-corrected chi connectivity index (χ1v) is 5.49. The normalized spacial score (nSPS) is 12.1. The van der Waals surface area contributed by atoms with Crippen molar-refractivity contribution in [3.05, 3.63) is 24.3 Å². The lowest BCUT2D eigenvalue weighted by atomic mass is 10.1. The summed E-state index contributed by atoms with van der Waals surface area (Å²) in [6.07, 6.45) is 2.60. The quantitative estimate of drug-likeness (QED) is 0.665. The van der Waals surface area contributed by atoms with E-state index in [2.05, 4.69) is 5.32 Å². The van der Waals surface area contributed by atoms with Crippen LogP contribution in [0.4, 0.5) is 5.69 Å². The van der Waals surface area contributed by atoms with E-state index in [1.807, 2.05) is 6.92 Å². The number of carbonyl (C=O) groups is 1. The van der Waals surface area contributed by atoms with E-state index in [1.54, 1.807) is 18.2 Å². The number of phenolic OH excluding ortho intramolecular Hbond substituents is 1. The molecule has 0 aliphatic rings. The number of hydrogen-bond acceptors (Lipinski definition) is 3. The molecule has 1 rings (SSSR count). The number of anilines is 1. The lowest BCUT2D eigenvalue weighted by Gasteiger charge is -2.12. The molecule has 16 heavy (non-hydrogen) atoms. The van der Waals surface area contributed by atoms with Crippen molar-refractivity contribution in [1.29, 1.82) is 0 Å². The van der Waals surface area contributed by atoms with Gasteiger partial charge in [-0.05, 0) is 18.6 Å².